The van der Waals surface area contributed by atoms with Crippen molar-refractivity contribution in [1.82, 2.24) is 20.4 Å². The first kappa shape index (κ1) is 22.1. The van der Waals surface area contributed by atoms with Crippen molar-refractivity contribution < 1.29 is 4.74 Å². The number of fused-ring (bicyclic) bond motifs is 1. The molecule has 1 aromatic rings. The minimum atomic E-state index is 0.0360. The van der Waals surface area contributed by atoms with Crippen LogP contribution in [0.3, 0.4) is 0 Å². The van der Waals surface area contributed by atoms with Crippen molar-refractivity contribution in [2.45, 2.75) is 52.2 Å². The van der Waals surface area contributed by atoms with Gasteiger partial charge in [-0.05, 0) is 45.2 Å². The summed E-state index contributed by atoms with van der Waals surface area (Å²) < 4.78 is 5.50. The molecule has 0 amide bonds. The molecule has 1 unspecified atom stereocenters. The molecule has 29 heavy (non-hydrogen) atoms. The topological polar surface area (TPSA) is 52.1 Å². The first-order chi connectivity index (χ1) is 14.0. The lowest BCUT2D eigenvalue weighted by Crippen LogP contribution is -2.52. The van der Waals surface area contributed by atoms with Crippen LogP contribution in [0.15, 0.2) is 29.3 Å². The van der Waals surface area contributed by atoms with E-state index in [4.69, 9.17) is 9.73 Å². The van der Waals surface area contributed by atoms with E-state index in [9.17, 15) is 0 Å². The third-order valence-corrected chi connectivity index (χ3v) is 6.18. The van der Waals surface area contributed by atoms with Gasteiger partial charge in [-0.2, -0.15) is 0 Å². The van der Waals surface area contributed by atoms with E-state index in [1.165, 1.54) is 11.1 Å². The smallest absolute Gasteiger partial charge is 0.191 e. The molecule has 6 heteroatoms. The molecular formula is C23H39N5O. The second-order valence-corrected chi connectivity index (χ2v) is 8.83. The summed E-state index contributed by atoms with van der Waals surface area (Å²) >= 11 is 0. The van der Waals surface area contributed by atoms with Gasteiger partial charge in [0, 0.05) is 50.8 Å². The summed E-state index contributed by atoms with van der Waals surface area (Å²) in [5.74, 6) is 0.915. The van der Waals surface area contributed by atoms with Gasteiger partial charge in [0.1, 0.15) is 0 Å². The molecule has 3 rings (SSSR count). The van der Waals surface area contributed by atoms with Gasteiger partial charge >= 0.3 is 0 Å². The van der Waals surface area contributed by atoms with E-state index >= 15 is 0 Å². The lowest BCUT2D eigenvalue weighted by molar-refractivity contribution is -0.00684. The Morgan fingerprint density at radius 3 is 2.59 bits per heavy atom. The number of benzene rings is 1. The van der Waals surface area contributed by atoms with E-state index in [0.29, 0.717) is 6.04 Å². The Hall–Kier alpha value is -1.63. The normalized spacial score (nSPS) is 20.2. The molecule has 2 aliphatic rings. The number of hydrogen-bond donors (Lipinski definition) is 2. The summed E-state index contributed by atoms with van der Waals surface area (Å²) in [5.41, 5.74) is 3.01. The van der Waals surface area contributed by atoms with Crippen molar-refractivity contribution in [3.05, 3.63) is 35.4 Å². The molecule has 1 atom stereocenters. The average Bonchev–Trinajstić information content (AvgIpc) is 2.75. The summed E-state index contributed by atoms with van der Waals surface area (Å²) in [5, 5.41) is 6.98. The molecule has 0 saturated carbocycles. The Morgan fingerprint density at radius 2 is 1.86 bits per heavy atom. The number of ether oxygens (including phenoxy) is 1. The SMILES string of the molecule is CCNC(=NCC(C)(C)N1CCOCC1)NCC(C)N1CCc2ccccc2C1. The first-order valence-corrected chi connectivity index (χ1v) is 11.2. The van der Waals surface area contributed by atoms with Crippen LogP contribution in [-0.4, -0.2) is 79.8 Å². The van der Waals surface area contributed by atoms with Gasteiger partial charge in [-0.3, -0.25) is 14.8 Å². The van der Waals surface area contributed by atoms with Crippen LogP contribution < -0.4 is 10.6 Å². The molecule has 0 aliphatic carbocycles. The number of nitrogens with one attached hydrogen (secondary N) is 2. The maximum Gasteiger partial charge on any atom is 0.191 e. The molecule has 6 nitrogen and oxygen atoms in total. The fraction of sp³-hybridized carbons (Fsp3) is 0.696. The maximum absolute atomic E-state index is 5.50. The Labute approximate surface area is 176 Å². The zero-order chi connectivity index (χ0) is 20.7. The summed E-state index contributed by atoms with van der Waals surface area (Å²) in [6.45, 7) is 17.3. The highest BCUT2D eigenvalue weighted by Crippen LogP contribution is 2.20. The number of nitrogens with zero attached hydrogens (tertiary/aromatic N) is 3. The van der Waals surface area contributed by atoms with E-state index in [2.05, 4.69) is 72.4 Å². The van der Waals surface area contributed by atoms with E-state index in [1.807, 2.05) is 0 Å². The molecular weight excluding hydrogens is 362 g/mol. The zero-order valence-corrected chi connectivity index (χ0v) is 18.7. The largest absolute Gasteiger partial charge is 0.379 e. The van der Waals surface area contributed by atoms with Crippen LogP contribution in [0.25, 0.3) is 0 Å². The van der Waals surface area contributed by atoms with Crippen LogP contribution in [0.2, 0.25) is 0 Å². The maximum atomic E-state index is 5.50. The van der Waals surface area contributed by atoms with Crippen molar-refractivity contribution >= 4 is 5.96 Å². The van der Waals surface area contributed by atoms with Crippen molar-refractivity contribution in [2.75, 3.05) is 52.5 Å². The first-order valence-electron chi connectivity index (χ1n) is 11.2. The number of guanidine groups is 1. The third kappa shape index (κ3) is 6.17. The van der Waals surface area contributed by atoms with Gasteiger partial charge in [0.05, 0.1) is 19.8 Å². The lowest BCUT2D eigenvalue weighted by Gasteiger charge is -2.40. The van der Waals surface area contributed by atoms with Gasteiger partial charge in [-0.25, -0.2) is 0 Å². The highest BCUT2D eigenvalue weighted by Gasteiger charge is 2.28. The highest BCUT2D eigenvalue weighted by molar-refractivity contribution is 5.79. The molecule has 1 aromatic carbocycles. The zero-order valence-electron chi connectivity index (χ0n) is 18.7. The lowest BCUT2D eigenvalue weighted by atomic mass is 9.99. The molecule has 0 spiro atoms. The van der Waals surface area contributed by atoms with Gasteiger partial charge in [-0.1, -0.05) is 24.3 Å². The number of hydrogen-bond acceptors (Lipinski definition) is 4. The number of rotatable bonds is 7. The average molecular weight is 402 g/mol. The number of aliphatic imine (C=N–C) groups is 1. The molecule has 1 saturated heterocycles. The van der Waals surface area contributed by atoms with E-state index in [1.54, 1.807) is 0 Å². The molecule has 1 fully saturated rings. The Morgan fingerprint density at radius 1 is 1.14 bits per heavy atom. The van der Waals surface area contributed by atoms with E-state index < -0.39 is 0 Å². The van der Waals surface area contributed by atoms with E-state index in [0.717, 1.165) is 71.4 Å². The second-order valence-electron chi connectivity index (χ2n) is 8.83. The predicted octanol–water partition coefficient (Wildman–Crippen LogP) is 2.10. The quantitative estimate of drug-likeness (QED) is 0.541. The van der Waals surface area contributed by atoms with Crippen molar-refractivity contribution in [3.8, 4) is 0 Å². The van der Waals surface area contributed by atoms with Crippen LogP contribution in [0.4, 0.5) is 0 Å². The molecule has 2 heterocycles. The summed E-state index contributed by atoms with van der Waals surface area (Å²) in [6, 6.07) is 9.29. The van der Waals surface area contributed by atoms with Gasteiger partial charge in [0.2, 0.25) is 0 Å². The third-order valence-electron chi connectivity index (χ3n) is 6.18. The fourth-order valence-corrected chi connectivity index (χ4v) is 4.15. The molecule has 2 aliphatic heterocycles. The molecule has 162 valence electrons. The standard InChI is InChI=1S/C23H39N5O/c1-5-24-22(26-18-23(3,4)28-12-14-29-15-13-28)25-16-19(2)27-11-10-20-8-6-7-9-21(20)17-27/h6-9,19H,5,10-18H2,1-4H3,(H2,24,25,26). The van der Waals surface area contributed by atoms with E-state index in [-0.39, 0.29) is 5.54 Å². The Kier molecular flexibility index (Phi) is 7.92. The fourth-order valence-electron chi connectivity index (χ4n) is 4.15. The number of morpholine rings is 1. The van der Waals surface area contributed by atoms with Crippen LogP contribution in [0, 0.1) is 0 Å². The minimum Gasteiger partial charge on any atom is -0.379 e. The van der Waals surface area contributed by atoms with Crippen molar-refractivity contribution in [1.29, 1.82) is 0 Å². The predicted molar refractivity (Wildman–Crippen MR) is 120 cm³/mol. The van der Waals surface area contributed by atoms with Gasteiger partial charge < -0.3 is 15.4 Å². The van der Waals surface area contributed by atoms with Crippen molar-refractivity contribution in [2.24, 2.45) is 4.99 Å². The van der Waals surface area contributed by atoms with Crippen LogP contribution >= 0.6 is 0 Å². The van der Waals surface area contributed by atoms with Crippen molar-refractivity contribution in [3.63, 3.8) is 0 Å². The summed E-state index contributed by atoms with van der Waals surface area (Å²) in [6.07, 6.45) is 1.14. The minimum absolute atomic E-state index is 0.0360. The van der Waals surface area contributed by atoms with Gasteiger partial charge in [0.15, 0.2) is 5.96 Å². The molecule has 2 N–H and O–H groups in total. The molecule has 0 radical (unpaired) electrons. The van der Waals surface area contributed by atoms with Crippen LogP contribution in [0.1, 0.15) is 38.8 Å². The Balaban J connectivity index is 1.52. The van der Waals surface area contributed by atoms with Gasteiger partial charge in [0.25, 0.3) is 0 Å². The molecule has 0 aromatic heterocycles. The summed E-state index contributed by atoms with van der Waals surface area (Å²) in [7, 11) is 0. The highest BCUT2D eigenvalue weighted by atomic mass is 16.5. The van der Waals surface area contributed by atoms with Gasteiger partial charge in [-0.15, -0.1) is 0 Å². The van der Waals surface area contributed by atoms with Crippen LogP contribution in [0.5, 0.6) is 0 Å². The second kappa shape index (κ2) is 10.4. The summed E-state index contributed by atoms with van der Waals surface area (Å²) in [4.78, 5) is 9.96. The monoisotopic (exact) mass is 401 g/mol. The van der Waals surface area contributed by atoms with Crippen LogP contribution in [-0.2, 0) is 17.7 Å². The Bertz CT molecular complexity index is 669. The molecule has 0 bridgehead atoms.